The summed E-state index contributed by atoms with van der Waals surface area (Å²) in [4.78, 5) is 4.19. The van der Waals surface area contributed by atoms with E-state index in [1.807, 2.05) is 42.3 Å². The fraction of sp³-hybridized carbons (Fsp3) is 0.385. The maximum atomic E-state index is 4.19. The van der Waals surface area contributed by atoms with E-state index in [9.17, 15) is 0 Å². The number of halogens is 1. The van der Waals surface area contributed by atoms with Crippen LogP contribution in [0.25, 0.3) is 0 Å². The Morgan fingerprint density at radius 2 is 2.05 bits per heavy atom. The summed E-state index contributed by atoms with van der Waals surface area (Å²) >= 11 is 0. The van der Waals surface area contributed by atoms with E-state index < -0.39 is 0 Å². The van der Waals surface area contributed by atoms with E-state index in [0.717, 1.165) is 24.7 Å². The topological polar surface area (TPSA) is 59.2 Å². The first-order valence-electron chi connectivity index (χ1n) is 6.32. The Morgan fingerprint density at radius 1 is 1.30 bits per heavy atom. The molecule has 0 radical (unpaired) electrons. The Labute approximate surface area is 136 Å². The molecule has 0 saturated carbocycles. The molecular weight excluding hydrogens is 367 g/mol. The fourth-order valence-electron chi connectivity index (χ4n) is 1.79. The monoisotopic (exact) mass is 388 g/mol. The molecule has 0 fully saturated rings. The van der Waals surface area contributed by atoms with Crippen LogP contribution in [0.5, 0.6) is 0 Å². The summed E-state index contributed by atoms with van der Waals surface area (Å²) in [5, 5.41) is 10.7. The van der Waals surface area contributed by atoms with E-state index in [1.54, 1.807) is 13.2 Å². The minimum atomic E-state index is 0. The highest BCUT2D eigenvalue weighted by molar-refractivity contribution is 14.0. The Kier molecular flexibility index (Phi) is 7.13. The third kappa shape index (κ3) is 4.87. The number of hydrogen-bond donors (Lipinski definition) is 2. The minimum absolute atomic E-state index is 0. The van der Waals surface area contributed by atoms with Gasteiger partial charge in [-0.2, -0.15) is 5.10 Å². The first-order valence-corrected chi connectivity index (χ1v) is 6.32. The van der Waals surface area contributed by atoms with Crippen molar-refractivity contribution in [2.75, 3.05) is 13.6 Å². The molecule has 0 amide bonds. The summed E-state index contributed by atoms with van der Waals surface area (Å²) in [5.74, 6) is 0.799. The van der Waals surface area contributed by atoms with Gasteiger partial charge in [0.15, 0.2) is 5.96 Å². The summed E-state index contributed by atoms with van der Waals surface area (Å²) in [6.45, 7) is 2.46. The summed E-state index contributed by atoms with van der Waals surface area (Å²) in [5.41, 5.74) is 1.12. The molecule has 0 aromatic carbocycles. The first kappa shape index (κ1) is 16.5. The molecule has 2 heterocycles. The second-order valence-corrected chi connectivity index (χ2v) is 4.22. The minimum Gasteiger partial charge on any atom is -0.355 e. The maximum Gasteiger partial charge on any atom is 0.191 e. The molecule has 0 unspecified atom stereocenters. The molecule has 0 aliphatic heterocycles. The first-order chi connectivity index (χ1) is 9.29. The molecule has 2 aromatic rings. The third-order valence-electron chi connectivity index (χ3n) is 2.91. The Hall–Kier alpha value is -1.51. The fourth-order valence-corrected chi connectivity index (χ4v) is 1.79. The average Bonchev–Trinajstić information content (AvgIpc) is 3.05. The Balaban J connectivity index is 0.00000200. The summed E-state index contributed by atoms with van der Waals surface area (Å²) in [6.07, 6.45) is 5.89. The summed E-state index contributed by atoms with van der Waals surface area (Å²) in [6, 6.07) is 6.03. The molecule has 0 atom stereocenters. The summed E-state index contributed by atoms with van der Waals surface area (Å²) < 4.78 is 3.97. The van der Waals surface area contributed by atoms with Crippen LogP contribution < -0.4 is 10.6 Å². The van der Waals surface area contributed by atoms with Crippen LogP contribution in [0.2, 0.25) is 0 Å². The van der Waals surface area contributed by atoms with Crippen molar-refractivity contribution in [1.29, 1.82) is 0 Å². The van der Waals surface area contributed by atoms with Crippen LogP contribution in [-0.2, 0) is 20.1 Å². The lowest BCUT2D eigenvalue weighted by Crippen LogP contribution is -2.38. The largest absolute Gasteiger partial charge is 0.355 e. The molecule has 0 aliphatic carbocycles. The lowest BCUT2D eigenvalue weighted by atomic mass is 10.4. The second-order valence-electron chi connectivity index (χ2n) is 4.22. The zero-order valence-electron chi connectivity index (χ0n) is 11.8. The van der Waals surface area contributed by atoms with Gasteiger partial charge in [-0.05, 0) is 18.2 Å². The van der Waals surface area contributed by atoms with Gasteiger partial charge in [-0.3, -0.25) is 9.67 Å². The van der Waals surface area contributed by atoms with Crippen LogP contribution in [0.15, 0.2) is 41.8 Å². The number of nitrogens with zero attached hydrogens (tertiary/aromatic N) is 4. The number of hydrogen-bond acceptors (Lipinski definition) is 2. The van der Waals surface area contributed by atoms with Crippen molar-refractivity contribution in [3.63, 3.8) is 0 Å². The number of aryl methyl sites for hydroxylation is 1. The van der Waals surface area contributed by atoms with Crippen molar-refractivity contribution in [3.05, 3.63) is 42.5 Å². The van der Waals surface area contributed by atoms with Gasteiger partial charge >= 0.3 is 0 Å². The highest BCUT2D eigenvalue weighted by atomic mass is 127. The van der Waals surface area contributed by atoms with Gasteiger partial charge in [0.1, 0.15) is 0 Å². The molecule has 0 aliphatic rings. The summed E-state index contributed by atoms with van der Waals surface area (Å²) in [7, 11) is 3.70. The van der Waals surface area contributed by atoms with Crippen LogP contribution in [0, 0.1) is 0 Å². The molecule has 0 spiro atoms. The van der Waals surface area contributed by atoms with Crippen molar-refractivity contribution in [2.24, 2.45) is 12.0 Å². The van der Waals surface area contributed by atoms with Crippen LogP contribution in [-0.4, -0.2) is 33.9 Å². The van der Waals surface area contributed by atoms with E-state index in [-0.39, 0.29) is 24.0 Å². The zero-order valence-corrected chi connectivity index (χ0v) is 14.1. The Bertz CT molecular complexity index is 517. The number of guanidine groups is 1. The lowest BCUT2D eigenvalue weighted by molar-refractivity contribution is 0.654. The zero-order chi connectivity index (χ0) is 13.5. The molecule has 110 valence electrons. The lowest BCUT2D eigenvalue weighted by Gasteiger charge is -2.12. The molecule has 0 bridgehead atoms. The van der Waals surface area contributed by atoms with E-state index in [1.165, 1.54) is 0 Å². The molecule has 2 aromatic heterocycles. The molecule has 20 heavy (non-hydrogen) atoms. The van der Waals surface area contributed by atoms with Gasteiger partial charge < -0.3 is 15.2 Å². The van der Waals surface area contributed by atoms with Gasteiger partial charge in [-0.25, -0.2) is 0 Å². The van der Waals surface area contributed by atoms with Gasteiger partial charge in [0, 0.05) is 45.8 Å². The quantitative estimate of drug-likeness (QED) is 0.460. The van der Waals surface area contributed by atoms with Gasteiger partial charge in [0.05, 0.1) is 12.2 Å². The third-order valence-corrected chi connectivity index (χ3v) is 2.91. The molecular formula is C13H21IN6. The van der Waals surface area contributed by atoms with E-state index in [2.05, 4.69) is 25.3 Å². The van der Waals surface area contributed by atoms with Gasteiger partial charge in [-0.15, -0.1) is 24.0 Å². The van der Waals surface area contributed by atoms with E-state index >= 15 is 0 Å². The smallest absolute Gasteiger partial charge is 0.191 e. The van der Waals surface area contributed by atoms with E-state index in [0.29, 0.717) is 6.54 Å². The van der Waals surface area contributed by atoms with Crippen molar-refractivity contribution in [1.82, 2.24) is 25.0 Å². The normalized spacial score (nSPS) is 11.0. The van der Waals surface area contributed by atoms with Crippen molar-refractivity contribution < 1.29 is 0 Å². The molecule has 2 rings (SSSR count). The van der Waals surface area contributed by atoms with Crippen LogP contribution >= 0.6 is 24.0 Å². The Morgan fingerprint density at radius 3 is 2.65 bits per heavy atom. The van der Waals surface area contributed by atoms with Crippen LogP contribution in [0.4, 0.5) is 0 Å². The molecule has 2 N–H and O–H groups in total. The van der Waals surface area contributed by atoms with Crippen molar-refractivity contribution >= 4 is 29.9 Å². The average molecular weight is 388 g/mol. The highest BCUT2D eigenvalue weighted by Crippen LogP contribution is 1.94. The molecule has 0 saturated heterocycles. The van der Waals surface area contributed by atoms with Gasteiger partial charge in [0.2, 0.25) is 0 Å². The second kappa shape index (κ2) is 8.62. The standard InChI is InChI=1S/C13H20N6.HI/c1-14-13(15-7-10-19-8-3-4-9-19)16-11-12-5-6-17-18(12)2;/h3-6,8-9H,7,10-11H2,1-2H3,(H2,14,15,16);1H. The SMILES string of the molecule is CN=C(NCCn1cccc1)NCc1ccnn1C.I. The highest BCUT2D eigenvalue weighted by Gasteiger charge is 2.00. The van der Waals surface area contributed by atoms with E-state index in [4.69, 9.17) is 0 Å². The number of nitrogens with one attached hydrogen (secondary N) is 2. The molecule has 7 heteroatoms. The molecule has 6 nitrogen and oxygen atoms in total. The maximum absolute atomic E-state index is 4.19. The van der Waals surface area contributed by atoms with Crippen molar-refractivity contribution in [3.8, 4) is 0 Å². The number of rotatable bonds is 5. The van der Waals surface area contributed by atoms with Crippen LogP contribution in [0.3, 0.4) is 0 Å². The predicted molar refractivity (Wildman–Crippen MR) is 91.3 cm³/mol. The van der Waals surface area contributed by atoms with Gasteiger partial charge in [0.25, 0.3) is 0 Å². The van der Waals surface area contributed by atoms with Crippen LogP contribution in [0.1, 0.15) is 5.69 Å². The number of aliphatic imine (C=N–C) groups is 1. The van der Waals surface area contributed by atoms with Gasteiger partial charge in [-0.1, -0.05) is 0 Å². The predicted octanol–water partition coefficient (Wildman–Crippen LogP) is 1.20. The van der Waals surface area contributed by atoms with Crippen molar-refractivity contribution in [2.45, 2.75) is 13.1 Å². The number of aromatic nitrogens is 3.